The van der Waals surface area contributed by atoms with Gasteiger partial charge in [0.05, 0.1) is 17.0 Å². The third-order valence-electron chi connectivity index (χ3n) is 6.27. The van der Waals surface area contributed by atoms with Crippen LogP contribution in [0.3, 0.4) is 0 Å². The van der Waals surface area contributed by atoms with E-state index in [1.807, 2.05) is 37.3 Å². The summed E-state index contributed by atoms with van der Waals surface area (Å²) in [5, 5.41) is 9.59. The molecule has 0 saturated heterocycles. The van der Waals surface area contributed by atoms with E-state index in [4.69, 9.17) is 4.42 Å². The zero-order valence-corrected chi connectivity index (χ0v) is 23.1. The minimum Gasteiger partial charge on any atom is -0.450 e. The SMILES string of the molecule is Cc1ccc(CSc2nnc(N3C(=O)c4oc5ccc(C)cc5c(=O)c4C3c3cccc(Br)c3)s2)cc1. The number of aryl methyl sites for hydroxylation is 2. The quantitative estimate of drug-likeness (QED) is 0.161. The third-order valence-corrected chi connectivity index (χ3v) is 8.90. The zero-order chi connectivity index (χ0) is 25.7. The van der Waals surface area contributed by atoms with Crippen LogP contribution in [0, 0.1) is 13.8 Å². The second kappa shape index (κ2) is 9.55. The van der Waals surface area contributed by atoms with Gasteiger partial charge in [0.1, 0.15) is 5.58 Å². The molecule has 37 heavy (non-hydrogen) atoms. The maximum atomic E-state index is 13.8. The van der Waals surface area contributed by atoms with E-state index in [0.29, 0.717) is 21.7 Å². The minimum absolute atomic E-state index is 0.0513. The van der Waals surface area contributed by atoms with Gasteiger partial charge in [-0.15, -0.1) is 10.2 Å². The van der Waals surface area contributed by atoms with E-state index in [9.17, 15) is 9.59 Å². The molecule has 0 N–H and O–H groups in total. The summed E-state index contributed by atoms with van der Waals surface area (Å²) in [5.41, 5.74) is 4.63. The van der Waals surface area contributed by atoms with Gasteiger partial charge in [-0.25, -0.2) is 0 Å². The van der Waals surface area contributed by atoms with Crippen LogP contribution in [0.4, 0.5) is 5.13 Å². The van der Waals surface area contributed by atoms with Crippen LogP contribution >= 0.6 is 39.0 Å². The molecule has 0 saturated carbocycles. The summed E-state index contributed by atoms with van der Waals surface area (Å²) in [6, 6.07) is 20.7. The largest absolute Gasteiger partial charge is 0.450 e. The molecule has 6 nitrogen and oxygen atoms in total. The lowest BCUT2D eigenvalue weighted by atomic mass is 9.98. The molecule has 1 unspecified atom stereocenters. The molecule has 9 heteroatoms. The third kappa shape index (κ3) is 4.41. The van der Waals surface area contributed by atoms with Crippen molar-refractivity contribution in [3.8, 4) is 0 Å². The Labute approximate surface area is 229 Å². The molecular weight excluding hydrogens is 570 g/mol. The molecule has 0 aliphatic carbocycles. The number of aromatic nitrogens is 2. The molecule has 1 atom stereocenters. The van der Waals surface area contributed by atoms with Crippen molar-refractivity contribution in [2.24, 2.45) is 0 Å². The van der Waals surface area contributed by atoms with Gasteiger partial charge in [-0.2, -0.15) is 0 Å². The molecule has 2 aromatic heterocycles. The molecule has 184 valence electrons. The molecule has 6 rings (SSSR count). The fourth-order valence-corrected chi connectivity index (χ4v) is 6.70. The Hall–Kier alpha value is -3.27. The molecule has 0 bridgehead atoms. The van der Waals surface area contributed by atoms with Crippen LogP contribution in [-0.2, 0) is 5.75 Å². The van der Waals surface area contributed by atoms with E-state index < -0.39 is 11.9 Å². The Morgan fingerprint density at radius 1 is 1.00 bits per heavy atom. The first kappa shape index (κ1) is 24.1. The summed E-state index contributed by atoms with van der Waals surface area (Å²) in [6.07, 6.45) is 0. The summed E-state index contributed by atoms with van der Waals surface area (Å²) in [7, 11) is 0. The minimum atomic E-state index is -0.677. The van der Waals surface area contributed by atoms with Crippen LogP contribution in [-0.4, -0.2) is 16.1 Å². The van der Waals surface area contributed by atoms with E-state index in [2.05, 4.69) is 57.3 Å². The van der Waals surface area contributed by atoms with Crippen molar-refractivity contribution in [1.29, 1.82) is 0 Å². The normalized spacial score (nSPS) is 14.9. The Morgan fingerprint density at radius 3 is 2.57 bits per heavy atom. The van der Waals surface area contributed by atoms with E-state index >= 15 is 0 Å². The first-order valence-corrected chi connectivity index (χ1v) is 14.2. The highest BCUT2D eigenvalue weighted by Crippen LogP contribution is 2.43. The molecule has 3 aromatic carbocycles. The number of thioether (sulfide) groups is 1. The van der Waals surface area contributed by atoms with Crippen molar-refractivity contribution < 1.29 is 9.21 Å². The molecule has 1 aliphatic heterocycles. The number of halogens is 1. The zero-order valence-electron chi connectivity index (χ0n) is 19.9. The summed E-state index contributed by atoms with van der Waals surface area (Å²) in [5.74, 6) is 0.393. The maximum absolute atomic E-state index is 13.8. The van der Waals surface area contributed by atoms with Crippen molar-refractivity contribution >= 4 is 61.0 Å². The van der Waals surface area contributed by atoms with Gasteiger partial charge >= 0.3 is 0 Å². The Morgan fingerprint density at radius 2 is 1.78 bits per heavy atom. The number of hydrogen-bond acceptors (Lipinski definition) is 7. The number of fused-ring (bicyclic) bond motifs is 2. The average molecular weight is 591 g/mol. The highest BCUT2D eigenvalue weighted by Gasteiger charge is 2.45. The number of hydrogen-bond donors (Lipinski definition) is 0. The molecular formula is C28H20BrN3O3S2. The average Bonchev–Trinajstić information content (AvgIpc) is 3.47. The predicted octanol–water partition coefficient (Wildman–Crippen LogP) is 7.07. The molecule has 0 fully saturated rings. The van der Waals surface area contributed by atoms with Gasteiger partial charge in [0, 0.05) is 10.2 Å². The topological polar surface area (TPSA) is 76.3 Å². The predicted molar refractivity (Wildman–Crippen MR) is 151 cm³/mol. The van der Waals surface area contributed by atoms with Gasteiger partial charge in [0.15, 0.2) is 9.77 Å². The summed E-state index contributed by atoms with van der Waals surface area (Å²) < 4.78 is 7.64. The summed E-state index contributed by atoms with van der Waals surface area (Å²) in [6.45, 7) is 3.98. The number of carbonyl (C=O) groups is 1. The first-order chi connectivity index (χ1) is 17.9. The van der Waals surface area contributed by atoms with Crippen molar-refractivity contribution in [3.63, 3.8) is 0 Å². The molecule has 0 radical (unpaired) electrons. The van der Waals surface area contributed by atoms with Crippen LogP contribution in [0.15, 0.2) is 84.8 Å². The summed E-state index contributed by atoms with van der Waals surface area (Å²) >= 11 is 6.42. The molecule has 3 heterocycles. The van der Waals surface area contributed by atoms with Crippen molar-refractivity contribution in [1.82, 2.24) is 10.2 Å². The molecule has 5 aromatic rings. The van der Waals surface area contributed by atoms with Crippen molar-refractivity contribution in [3.05, 3.63) is 115 Å². The Bertz CT molecular complexity index is 1730. The van der Waals surface area contributed by atoms with E-state index in [-0.39, 0.29) is 11.2 Å². The van der Waals surface area contributed by atoms with Crippen LogP contribution in [0.25, 0.3) is 11.0 Å². The van der Waals surface area contributed by atoms with Gasteiger partial charge in [0.25, 0.3) is 5.91 Å². The van der Waals surface area contributed by atoms with Gasteiger partial charge in [-0.1, -0.05) is 92.6 Å². The fourth-order valence-electron chi connectivity index (χ4n) is 4.46. The van der Waals surface area contributed by atoms with E-state index in [1.165, 1.54) is 27.4 Å². The standard InChI is InChI=1S/C28H20BrN3O3S2/c1-15-6-9-17(10-7-15)14-36-28-31-30-27(37-28)32-23(18-4-3-5-19(29)13-18)22-24(33)20-12-16(2)8-11-21(20)35-25(22)26(32)34/h3-13,23H,14H2,1-2H3. The maximum Gasteiger partial charge on any atom is 0.297 e. The van der Waals surface area contributed by atoms with E-state index in [1.54, 1.807) is 23.9 Å². The number of amides is 1. The summed E-state index contributed by atoms with van der Waals surface area (Å²) in [4.78, 5) is 29.1. The van der Waals surface area contributed by atoms with Crippen LogP contribution in [0.2, 0.25) is 0 Å². The smallest absolute Gasteiger partial charge is 0.297 e. The van der Waals surface area contributed by atoms with Gasteiger partial charge in [0.2, 0.25) is 10.9 Å². The number of rotatable bonds is 5. The highest BCUT2D eigenvalue weighted by molar-refractivity contribution is 9.10. The second-order valence-electron chi connectivity index (χ2n) is 8.93. The molecule has 1 aliphatic rings. The highest BCUT2D eigenvalue weighted by atomic mass is 79.9. The number of nitrogens with zero attached hydrogens (tertiary/aromatic N) is 3. The lowest BCUT2D eigenvalue weighted by Crippen LogP contribution is -2.29. The van der Waals surface area contributed by atoms with Gasteiger partial charge < -0.3 is 4.42 Å². The lowest BCUT2D eigenvalue weighted by molar-refractivity contribution is 0.0970. The first-order valence-electron chi connectivity index (χ1n) is 11.6. The lowest BCUT2D eigenvalue weighted by Gasteiger charge is -2.22. The fraction of sp³-hybridized carbons (Fsp3) is 0.143. The number of carbonyl (C=O) groups excluding carboxylic acids is 1. The second-order valence-corrected chi connectivity index (χ2v) is 12.0. The van der Waals surface area contributed by atoms with Crippen molar-refractivity contribution in [2.75, 3.05) is 4.90 Å². The van der Waals surface area contributed by atoms with Crippen LogP contribution in [0.5, 0.6) is 0 Å². The Balaban J connectivity index is 1.43. The molecule has 0 spiro atoms. The van der Waals surface area contributed by atoms with E-state index in [0.717, 1.165) is 25.7 Å². The van der Waals surface area contributed by atoms with Crippen LogP contribution < -0.4 is 10.3 Å². The van der Waals surface area contributed by atoms with Crippen molar-refractivity contribution in [2.45, 2.75) is 30.0 Å². The van der Waals surface area contributed by atoms with Crippen LogP contribution in [0.1, 0.15) is 44.4 Å². The monoisotopic (exact) mass is 589 g/mol. The van der Waals surface area contributed by atoms with Gasteiger partial charge in [-0.3, -0.25) is 14.5 Å². The molecule has 1 amide bonds. The number of benzene rings is 3. The Kier molecular flexibility index (Phi) is 6.22. The number of anilines is 1. The van der Waals surface area contributed by atoms with Gasteiger partial charge in [-0.05, 0) is 49.2 Å².